The van der Waals surface area contributed by atoms with Crippen molar-refractivity contribution in [1.82, 2.24) is 20.1 Å². The number of carbonyl (C=O) groups excluding carboxylic acids is 2. The highest BCUT2D eigenvalue weighted by atomic mass is 16.2. The summed E-state index contributed by atoms with van der Waals surface area (Å²) in [6.45, 7) is 8.81. The Kier molecular flexibility index (Phi) is 8.07. The molecule has 0 aliphatic carbocycles. The standard InChI is InChI=1S/C27H40N4O2/c1-3-23-10-6-7-15-30(23)16-8-14-28-26(32)20(2)21-12-17-31(18-13-21)27(33)25-19-22-9-4-5-11-24(22)29-25/h4-5,9,11,19-21,23,29H,3,6-8,10,12-18H2,1-2H3,(H,28,32). The van der Waals surface area contributed by atoms with Crippen LogP contribution in [0.3, 0.4) is 0 Å². The third-order valence-electron chi connectivity index (χ3n) is 7.85. The predicted molar refractivity (Wildman–Crippen MR) is 133 cm³/mol. The van der Waals surface area contributed by atoms with Gasteiger partial charge in [-0.25, -0.2) is 0 Å². The zero-order chi connectivity index (χ0) is 23.2. The number of para-hydroxylation sites is 1. The van der Waals surface area contributed by atoms with E-state index in [0.29, 0.717) is 24.7 Å². The molecule has 2 aliphatic heterocycles. The number of piperidine rings is 2. The van der Waals surface area contributed by atoms with Gasteiger partial charge in [0.2, 0.25) is 5.91 Å². The van der Waals surface area contributed by atoms with Crippen LogP contribution in [-0.4, -0.2) is 65.4 Å². The lowest BCUT2D eigenvalue weighted by atomic mass is 9.84. The molecule has 3 heterocycles. The minimum atomic E-state index is -0.00583. The Morgan fingerprint density at radius 2 is 1.91 bits per heavy atom. The summed E-state index contributed by atoms with van der Waals surface area (Å²) < 4.78 is 0. The van der Waals surface area contributed by atoms with Crippen molar-refractivity contribution in [1.29, 1.82) is 0 Å². The van der Waals surface area contributed by atoms with Crippen molar-refractivity contribution in [2.24, 2.45) is 11.8 Å². The Morgan fingerprint density at radius 1 is 1.12 bits per heavy atom. The monoisotopic (exact) mass is 452 g/mol. The molecule has 2 aromatic rings. The number of H-pyrrole nitrogens is 1. The van der Waals surface area contributed by atoms with E-state index < -0.39 is 0 Å². The van der Waals surface area contributed by atoms with E-state index in [1.54, 1.807) is 0 Å². The van der Waals surface area contributed by atoms with Crippen LogP contribution in [0.2, 0.25) is 0 Å². The largest absolute Gasteiger partial charge is 0.356 e. The molecule has 33 heavy (non-hydrogen) atoms. The summed E-state index contributed by atoms with van der Waals surface area (Å²) in [4.78, 5) is 33.5. The Balaban J connectivity index is 1.19. The number of nitrogens with zero attached hydrogens (tertiary/aromatic N) is 2. The van der Waals surface area contributed by atoms with Gasteiger partial charge in [0.15, 0.2) is 0 Å². The van der Waals surface area contributed by atoms with Gasteiger partial charge in [-0.05, 0) is 63.1 Å². The molecule has 2 saturated heterocycles. The molecule has 2 amide bonds. The molecule has 0 radical (unpaired) electrons. The van der Waals surface area contributed by atoms with Crippen molar-refractivity contribution >= 4 is 22.7 Å². The maximum atomic E-state index is 12.9. The zero-order valence-corrected chi connectivity index (χ0v) is 20.3. The van der Waals surface area contributed by atoms with E-state index in [1.165, 1.54) is 32.2 Å². The number of aromatic nitrogens is 1. The van der Waals surface area contributed by atoms with Crippen molar-refractivity contribution in [3.8, 4) is 0 Å². The average Bonchev–Trinajstić information content (AvgIpc) is 3.30. The van der Waals surface area contributed by atoms with Crippen LogP contribution in [0.4, 0.5) is 0 Å². The van der Waals surface area contributed by atoms with Gasteiger partial charge in [-0.3, -0.25) is 9.59 Å². The topological polar surface area (TPSA) is 68.4 Å². The van der Waals surface area contributed by atoms with Crippen LogP contribution in [-0.2, 0) is 4.79 Å². The second-order valence-corrected chi connectivity index (χ2v) is 9.93. The van der Waals surface area contributed by atoms with E-state index in [9.17, 15) is 9.59 Å². The second kappa shape index (κ2) is 11.2. The highest BCUT2D eigenvalue weighted by molar-refractivity contribution is 5.98. The van der Waals surface area contributed by atoms with Crippen LogP contribution in [0.25, 0.3) is 10.9 Å². The molecule has 1 aromatic carbocycles. The smallest absolute Gasteiger partial charge is 0.270 e. The third kappa shape index (κ3) is 5.78. The second-order valence-electron chi connectivity index (χ2n) is 9.93. The lowest BCUT2D eigenvalue weighted by Gasteiger charge is -2.35. The maximum Gasteiger partial charge on any atom is 0.270 e. The molecule has 180 valence electrons. The molecule has 2 aliphatic rings. The van der Waals surface area contributed by atoms with Gasteiger partial charge in [0.25, 0.3) is 5.91 Å². The summed E-state index contributed by atoms with van der Waals surface area (Å²) in [5, 5.41) is 4.24. The first-order chi connectivity index (χ1) is 16.1. The minimum absolute atomic E-state index is 0.00583. The summed E-state index contributed by atoms with van der Waals surface area (Å²) in [6, 6.07) is 10.6. The van der Waals surface area contributed by atoms with Crippen molar-refractivity contribution in [2.45, 2.75) is 64.8 Å². The maximum absolute atomic E-state index is 12.9. The van der Waals surface area contributed by atoms with E-state index in [1.807, 2.05) is 42.2 Å². The predicted octanol–water partition coefficient (Wildman–Crippen LogP) is 4.43. The van der Waals surface area contributed by atoms with Crippen LogP contribution in [0.15, 0.2) is 30.3 Å². The molecule has 0 saturated carbocycles. The van der Waals surface area contributed by atoms with Crippen LogP contribution in [0.5, 0.6) is 0 Å². The van der Waals surface area contributed by atoms with E-state index in [4.69, 9.17) is 0 Å². The molecule has 0 bridgehead atoms. The number of nitrogens with one attached hydrogen (secondary N) is 2. The first-order valence-electron chi connectivity index (χ1n) is 13.0. The number of fused-ring (bicyclic) bond motifs is 1. The molecule has 2 N–H and O–H groups in total. The fourth-order valence-electron chi connectivity index (χ4n) is 5.65. The highest BCUT2D eigenvalue weighted by Gasteiger charge is 2.30. The van der Waals surface area contributed by atoms with Gasteiger partial charge in [-0.2, -0.15) is 0 Å². The number of carbonyl (C=O) groups is 2. The zero-order valence-electron chi connectivity index (χ0n) is 20.3. The number of amides is 2. The molecular formula is C27H40N4O2. The van der Waals surface area contributed by atoms with Crippen LogP contribution in [0.1, 0.15) is 69.3 Å². The van der Waals surface area contributed by atoms with Gasteiger partial charge in [-0.1, -0.05) is 38.5 Å². The Hall–Kier alpha value is -2.34. The van der Waals surface area contributed by atoms with E-state index in [0.717, 1.165) is 49.3 Å². The fraction of sp³-hybridized carbons (Fsp3) is 0.630. The number of hydrogen-bond acceptors (Lipinski definition) is 3. The number of likely N-dealkylation sites (tertiary alicyclic amines) is 2. The SMILES string of the molecule is CCC1CCCCN1CCCNC(=O)C(C)C1CCN(C(=O)c2cc3ccccc3[nH]2)CC1. The van der Waals surface area contributed by atoms with Gasteiger partial charge in [0, 0.05) is 49.0 Å². The van der Waals surface area contributed by atoms with Crippen LogP contribution >= 0.6 is 0 Å². The lowest BCUT2D eigenvalue weighted by Crippen LogP contribution is -2.43. The number of hydrogen-bond donors (Lipinski definition) is 2. The first kappa shape index (κ1) is 23.8. The molecule has 2 unspecified atom stereocenters. The Labute approximate surface area is 198 Å². The van der Waals surface area contributed by atoms with Gasteiger partial charge >= 0.3 is 0 Å². The molecule has 1 aromatic heterocycles. The highest BCUT2D eigenvalue weighted by Crippen LogP contribution is 2.27. The van der Waals surface area contributed by atoms with Crippen molar-refractivity contribution in [3.63, 3.8) is 0 Å². The quantitative estimate of drug-likeness (QED) is 0.583. The molecular weight excluding hydrogens is 412 g/mol. The van der Waals surface area contributed by atoms with Gasteiger partial charge < -0.3 is 20.1 Å². The minimum Gasteiger partial charge on any atom is -0.356 e. The van der Waals surface area contributed by atoms with Crippen LogP contribution in [0, 0.1) is 11.8 Å². The normalized spacial score (nSPS) is 21.3. The van der Waals surface area contributed by atoms with Gasteiger partial charge in [0.1, 0.15) is 5.69 Å². The summed E-state index contributed by atoms with van der Waals surface area (Å²) >= 11 is 0. The molecule has 6 heteroatoms. The first-order valence-corrected chi connectivity index (χ1v) is 13.0. The molecule has 4 rings (SSSR count). The summed E-state index contributed by atoms with van der Waals surface area (Å²) in [5.74, 6) is 0.558. The van der Waals surface area contributed by atoms with Crippen LogP contribution < -0.4 is 5.32 Å². The molecule has 0 spiro atoms. The number of benzene rings is 1. The third-order valence-corrected chi connectivity index (χ3v) is 7.85. The summed E-state index contributed by atoms with van der Waals surface area (Å²) in [5.41, 5.74) is 1.64. The Morgan fingerprint density at radius 3 is 2.67 bits per heavy atom. The van der Waals surface area contributed by atoms with Crippen molar-refractivity contribution in [3.05, 3.63) is 36.0 Å². The lowest BCUT2D eigenvalue weighted by molar-refractivity contribution is -0.126. The van der Waals surface area contributed by atoms with Gasteiger partial charge in [-0.15, -0.1) is 0 Å². The summed E-state index contributed by atoms with van der Waals surface area (Å²) in [6.07, 6.45) is 7.99. The average molecular weight is 453 g/mol. The molecule has 2 atom stereocenters. The van der Waals surface area contributed by atoms with Gasteiger partial charge in [0.05, 0.1) is 0 Å². The number of rotatable bonds is 8. The fourth-order valence-corrected chi connectivity index (χ4v) is 5.65. The number of aromatic amines is 1. The van der Waals surface area contributed by atoms with Crippen molar-refractivity contribution < 1.29 is 9.59 Å². The van der Waals surface area contributed by atoms with E-state index in [-0.39, 0.29) is 17.7 Å². The summed E-state index contributed by atoms with van der Waals surface area (Å²) in [7, 11) is 0. The molecule has 2 fully saturated rings. The van der Waals surface area contributed by atoms with E-state index >= 15 is 0 Å². The Bertz CT molecular complexity index is 898. The van der Waals surface area contributed by atoms with Crippen molar-refractivity contribution in [2.75, 3.05) is 32.7 Å². The van der Waals surface area contributed by atoms with E-state index in [2.05, 4.69) is 22.1 Å². The molecule has 6 nitrogen and oxygen atoms in total.